The van der Waals surface area contributed by atoms with E-state index in [4.69, 9.17) is 0 Å². The number of pyridine rings is 1. The van der Waals surface area contributed by atoms with Crippen LogP contribution in [0.5, 0.6) is 0 Å². The van der Waals surface area contributed by atoms with Gasteiger partial charge in [0.1, 0.15) is 0 Å². The molecule has 2 bridgehead atoms. The number of piperidine rings is 1. The van der Waals surface area contributed by atoms with Crippen LogP contribution in [0.25, 0.3) is 0 Å². The largest absolute Gasteiger partial charge is 0.323 e. The summed E-state index contributed by atoms with van der Waals surface area (Å²) in [5.41, 5.74) is 2.03. The highest BCUT2D eigenvalue weighted by Crippen LogP contribution is 2.37. The lowest BCUT2D eigenvalue weighted by molar-refractivity contribution is 0.186. The number of para-hydroxylation sites is 1. The Morgan fingerprint density at radius 1 is 0.818 bits per heavy atom. The number of amides is 2. The fraction of sp³-hybridized carbons (Fsp3) is 0.250. The van der Waals surface area contributed by atoms with Gasteiger partial charge in [0.05, 0.1) is 4.90 Å². The van der Waals surface area contributed by atoms with Crippen LogP contribution < -0.4 is 16.2 Å². The molecule has 2 aliphatic heterocycles. The van der Waals surface area contributed by atoms with Crippen LogP contribution >= 0.6 is 0 Å². The number of sulfonamides is 1. The van der Waals surface area contributed by atoms with Gasteiger partial charge >= 0.3 is 6.03 Å². The van der Waals surface area contributed by atoms with Crippen LogP contribution in [0.3, 0.4) is 0 Å². The van der Waals surface area contributed by atoms with Crippen LogP contribution in [0.15, 0.2) is 82.5 Å². The molecule has 0 radical (unpaired) electrons. The molecular weight excluding hydrogens is 440 g/mol. The molecule has 0 saturated carbocycles. The van der Waals surface area contributed by atoms with Crippen molar-refractivity contribution in [1.29, 1.82) is 0 Å². The predicted octanol–water partition coefficient (Wildman–Crippen LogP) is 3.30. The van der Waals surface area contributed by atoms with Gasteiger partial charge in [-0.05, 0) is 54.8 Å². The van der Waals surface area contributed by atoms with Gasteiger partial charge in [-0.15, -0.1) is 0 Å². The fourth-order valence-electron chi connectivity index (χ4n) is 4.72. The molecule has 1 aromatic heterocycles. The zero-order chi connectivity index (χ0) is 23.0. The first-order valence-electron chi connectivity index (χ1n) is 10.8. The molecule has 1 fully saturated rings. The van der Waals surface area contributed by atoms with Crippen molar-refractivity contribution >= 4 is 27.4 Å². The van der Waals surface area contributed by atoms with E-state index in [1.807, 2.05) is 24.3 Å². The lowest BCUT2D eigenvalue weighted by atomic mass is 9.84. The Bertz CT molecular complexity index is 1340. The molecule has 33 heavy (non-hydrogen) atoms. The van der Waals surface area contributed by atoms with E-state index in [0.717, 1.165) is 12.1 Å². The molecule has 8 nitrogen and oxygen atoms in total. The molecule has 2 unspecified atom stereocenters. The van der Waals surface area contributed by atoms with Crippen LogP contribution in [-0.2, 0) is 16.6 Å². The number of fused-ring (bicyclic) bond motifs is 4. The van der Waals surface area contributed by atoms with Gasteiger partial charge in [0.15, 0.2) is 0 Å². The number of carbonyl (C=O) groups is 1. The smallest absolute Gasteiger partial charge is 0.312 e. The molecule has 0 spiro atoms. The third-order valence-electron chi connectivity index (χ3n) is 6.23. The Labute approximate surface area is 191 Å². The third kappa shape index (κ3) is 4.29. The van der Waals surface area contributed by atoms with Gasteiger partial charge in [-0.3, -0.25) is 4.79 Å². The number of benzene rings is 2. The highest BCUT2D eigenvalue weighted by molar-refractivity contribution is 7.89. The summed E-state index contributed by atoms with van der Waals surface area (Å²) in [7, 11) is -3.69. The van der Waals surface area contributed by atoms with Crippen molar-refractivity contribution in [3.63, 3.8) is 0 Å². The maximum absolute atomic E-state index is 13.3. The first-order chi connectivity index (χ1) is 15.9. The molecule has 5 rings (SSSR count). The Morgan fingerprint density at radius 3 is 2.24 bits per heavy atom. The average molecular weight is 465 g/mol. The number of carbonyl (C=O) groups excluding carboxylic acids is 1. The lowest BCUT2D eigenvalue weighted by Crippen LogP contribution is -2.48. The summed E-state index contributed by atoms with van der Waals surface area (Å²) in [5, 5.41) is 5.43. The number of nitrogens with one attached hydrogen (secondary N) is 2. The van der Waals surface area contributed by atoms with E-state index >= 15 is 0 Å². The SMILES string of the molecule is O=C(Nc1ccccc1)Nc1ccc(S(=O)(=O)N2CC3CC(C2)c2cccc(=O)n2C3)cc1. The molecule has 9 heteroatoms. The normalized spacial score (nSPS) is 20.0. The second-order valence-electron chi connectivity index (χ2n) is 8.49. The predicted molar refractivity (Wildman–Crippen MR) is 126 cm³/mol. The van der Waals surface area contributed by atoms with Crippen molar-refractivity contribution in [2.75, 3.05) is 23.7 Å². The number of urea groups is 1. The minimum Gasteiger partial charge on any atom is -0.312 e. The Hall–Kier alpha value is -3.43. The average Bonchev–Trinajstić information content (AvgIpc) is 2.81. The third-order valence-corrected chi connectivity index (χ3v) is 8.07. The maximum Gasteiger partial charge on any atom is 0.323 e. The summed E-state index contributed by atoms with van der Waals surface area (Å²) in [6.45, 7) is 1.28. The summed E-state index contributed by atoms with van der Waals surface area (Å²) < 4.78 is 30.0. The summed E-state index contributed by atoms with van der Waals surface area (Å²) in [4.78, 5) is 24.6. The van der Waals surface area contributed by atoms with Crippen molar-refractivity contribution < 1.29 is 13.2 Å². The van der Waals surface area contributed by atoms with Crippen molar-refractivity contribution in [2.24, 2.45) is 5.92 Å². The van der Waals surface area contributed by atoms with E-state index in [9.17, 15) is 18.0 Å². The molecule has 2 aliphatic rings. The number of hydrogen-bond acceptors (Lipinski definition) is 4. The minimum absolute atomic E-state index is 0.00352. The van der Waals surface area contributed by atoms with E-state index in [-0.39, 0.29) is 22.3 Å². The number of rotatable bonds is 4. The molecule has 170 valence electrons. The van der Waals surface area contributed by atoms with Gasteiger partial charge in [0.25, 0.3) is 5.56 Å². The van der Waals surface area contributed by atoms with Crippen molar-refractivity contribution in [3.8, 4) is 0 Å². The van der Waals surface area contributed by atoms with Crippen molar-refractivity contribution in [3.05, 3.63) is 88.8 Å². The van der Waals surface area contributed by atoms with Crippen LogP contribution in [-0.4, -0.2) is 36.4 Å². The molecular formula is C24H24N4O4S. The maximum atomic E-state index is 13.3. The highest BCUT2D eigenvalue weighted by Gasteiger charge is 2.39. The molecule has 2 atom stereocenters. The van der Waals surface area contributed by atoms with Crippen LogP contribution in [0.1, 0.15) is 18.0 Å². The molecule has 1 saturated heterocycles. The Morgan fingerprint density at radius 2 is 1.52 bits per heavy atom. The molecule has 3 aromatic rings. The van der Waals surface area contributed by atoms with Gasteiger partial charge in [0, 0.05) is 48.7 Å². The van der Waals surface area contributed by atoms with E-state index in [1.54, 1.807) is 41.0 Å². The van der Waals surface area contributed by atoms with Gasteiger partial charge in [-0.25, -0.2) is 13.2 Å². The van der Waals surface area contributed by atoms with Crippen LogP contribution in [0.2, 0.25) is 0 Å². The molecule has 2 amide bonds. The first-order valence-corrected chi connectivity index (χ1v) is 12.3. The number of anilines is 2. The topological polar surface area (TPSA) is 101 Å². The lowest BCUT2D eigenvalue weighted by Gasteiger charge is -2.42. The van der Waals surface area contributed by atoms with Gasteiger partial charge in [-0.1, -0.05) is 24.3 Å². The molecule has 2 N–H and O–H groups in total. The number of hydrogen-bond donors (Lipinski definition) is 2. The van der Waals surface area contributed by atoms with E-state index in [0.29, 0.717) is 31.0 Å². The van der Waals surface area contributed by atoms with Crippen molar-refractivity contribution in [2.45, 2.75) is 23.8 Å². The summed E-state index contributed by atoms with van der Waals surface area (Å²) in [6, 6.07) is 20.0. The van der Waals surface area contributed by atoms with Gasteiger partial charge in [0.2, 0.25) is 10.0 Å². The van der Waals surface area contributed by atoms with Crippen LogP contribution in [0, 0.1) is 5.92 Å². The summed E-state index contributed by atoms with van der Waals surface area (Å²) in [6.07, 6.45) is 0.884. The second kappa shape index (κ2) is 8.49. The minimum atomic E-state index is -3.69. The second-order valence-corrected chi connectivity index (χ2v) is 10.4. The van der Waals surface area contributed by atoms with E-state index < -0.39 is 16.1 Å². The van der Waals surface area contributed by atoms with Crippen molar-refractivity contribution in [1.82, 2.24) is 8.87 Å². The monoisotopic (exact) mass is 464 g/mol. The Balaban J connectivity index is 1.29. The Kier molecular flexibility index (Phi) is 5.51. The number of aromatic nitrogens is 1. The zero-order valence-corrected chi connectivity index (χ0v) is 18.7. The highest BCUT2D eigenvalue weighted by atomic mass is 32.2. The first kappa shape index (κ1) is 21.4. The fourth-order valence-corrected chi connectivity index (χ4v) is 6.28. The van der Waals surface area contributed by atoms with E-state index in [2.05, 4.69) is 10.6 Å². The molecule has 0 aliphatic carbocycles. The summed E-state index contributed by atoms with van der Waals surface area (Å²) >= 11 is 0. The summed E-state index contributed by atoms with van der Waals surface area (Å²) in [5.74, 6) is 0.109. The molecule has 3 heterocycles. The van der Waals surface area contributed by atoms with Gasteiger partial charge in [-0.2, -0.15) is 4.31 Å². The van der Waals surface area contributed by atoms with Gasteiger partial charge < -0.3 is 15.2 Å². The van der Waals surface area contributed by atoms with E-state index in [1.165, 1.54) is 16.4 Å². The molecule has 2 aromatic carbocycles. The van der Waals surface area contributed by atoms with Crippen LogP contribution in [0.4, 0.5) is 16.2 Å². The number of nitrogens with zero attached hydrogens (tertiary/aromatic N) is 2. The quantitative estimate of drug-likeness (QED) is 0.619. The standard InChI is InChI=1S/C24H24N4O4S/c29-23-8-4-7-22-18-13-17(15-28(22)23)14-27(16-18)33(31,32)21-11-9-20(10-12-21)26-24(30)25-19-5-2-1-3-6-19/h1-12,17-18H,13-16H2,(H2,25,26,30). The zero-order valence-electron chi connectivity index (χ0n) is 17.8.